The summed E-state index contributed by atoms with van der Waals surface area (Å²) in [6.45, 7) is 9.88. The van der Waals surface area contributed by atoms with Crippen LogP contribution >= 0.6 is 0 Å². The minimum Gasteiger partial charge on any atom is -0.277 e. The molecule has 4 nitrogen and oxygen atoms in total. The summed E-state index contributed by atoms with van der Waals surface area (Å²) in [5.41, 5.74) is 0. The van der Waals surface area contributed by atoms with Gasteiger partial charge in [-0.1, -0.05) is 0 Å². The molecule has 0 amide bonds. The van der Waals surface area contributed by atoms with Crippen molar-refractivity contribution in [1.82, 2.24) is 19.6 Å². The molecule has 0 unspecified atom stereocenters. The van der Waals surface area contributed by atoms with Gasteiger partial charge in [0.25, 0.3) is 0 Å². The Morgan fingerprint density at radius 2 is 0.714 bits per heavy atom. The van der Waals surface area contributed by atoms with E-state index in [2.05, 4.69) is 19.6 Å². The van der Waals surface area contributed by atoms with E-state index in [1.54, 1.807) is 0 Å². The third-order valence-electron chi connectivity index (χ3n) is 3.50. The van der Waals surface area contributed by atoms with E-state index >= 15 is 0 Å². The summed E-state index contributed by atoms with van der Waals surface area (Å²) in [7, 11) is 0. The van der Waals surface area contributed by atoms with Crippen LogP contribution in [0.2, 0.25) is 0 Å². The van der Waals surface area contributed by atoms with Gasteiger partial charge in [-0.25, -0.2) is 0 Å². The summed E-state index contributed by atoms with van der Waals surface area (Å²) < 4.78 is 0. The maximum absolute atomic E-state index is 2.61. The maximum atomic E-state index is 2.61. The second kappa shape index (κ2) is 3.77. The standard InChI is InChI=1S/C10H20N4/c1-3-11-7-13-5-2-6-14(8-11)10-12(4-1)9-13/h1-10H2. The van der Waals surface area contributed by atoms with E-state index in [9.17, 15) is 0 Å². The zero-order valence-corrected chi connectivity index (χ0v) is 8.86. The second-order valence-corrected chi connectivity index (χ2v) is 4.85. The Balaban J connectivity index is 1.83. The van der Waals surface area contributed by atoms with E-state index in [0.717, 1.165) is 0 Å². The summed E-state index contributed by atoms with van der Waals surface area (Å²) in [4.78, 5) is 10.4. The highest BCUT2D eigenvalue weighted by molar-refractivity contribution is 4.76. The van der Waals surface area contributed by atoms with Crippen molar-refractivity contribution in [2.24, 2.45) is 0 Å². The number of nitrogens with zero attached hydrogens (tertiary/aromatic N) is 4. The van der Waals surface area contributed by atoms with Crippen molar-refractivity contribution in [3.63, 3.8) is 0 Å². The first-order chi connectivity index (χ1) is 6.90. The number of rotatable bonds is 0. The molecule has 5 aliphatic rings. The van der Waals surface area contributed by atoms with Crippen LogP contribution in [0.5, 0.6) is 0 Å². The smallest absolute Gasteiger partial charge is 0.0530 e. The monoisotopic (exact) mass is 196 g/mol. The summed E-state index contributed by atoms with van der Waals surface area (Å²) in [5, 5.41) is 0. The lowest BCUT2D eigenvalue weighted by molar-refractivity contribution is -0.0669. The van der Waals surface area contributed by atoms with Crippen LogP contribution in [-0.4, -0.2) is 72.5 Å². The summed E-state index contributed by atoms with van der Waals surface area (Å²) in [5.74, 6) is 0. The Bertz CT molecular complexity index is 158. The molecule has 0 aromatic heterocycles. The molecule has 5 aliphatic heterocycles. The Kier molecular flexibility index (Phi) is 2.45. The molecule has 0 saturated carbocycles. The average Bonchev–Trinajstić information content (AvgIpc) is 1.95. The molecule has 0 radical (unpaired) electrons. The fraction of sp³-hybridized carbons (Fsp3) is 1.00. The second-order valence-electron chi connectivity index (χ2n) is 4.85. The van der Waals surface area contributed by atoms with Gasteiger partial charge in [-0.3, -0.25) is 19.6 Å². The molecular formula is C10H20N4. The molecule has 14 heavy (non-hydrogen) atoms. The highest BCUT2D eigenvalue weighted by Crippen LogP contribution is 2.15. The van der Waals surface area contributed by atoms with Crippen molar-refractivity contribution in [3.05, 3.63) is 0 Å². The van der Waals surface area contributed by atoms with Crippen LogP contribution in [0.1, 0.15) is 12.8 Å². The van der Waals surface area contributed by atoms with Gasteiger partial charge in [-0.05, 0) is 12.8 Å². The van der Waals surface area contributed by atoms with Gasteiger partial charge >= 0.3 is 0 Å². The molecule has 5 heterocycles. The van der Waals surface area contributed by atoms with E-state index in [1.165, 1.54) is 65.7 Å². The first-order valence-corrected chi connectivity index (χ1v) is 5.79. The largest absolute Gasteiger partial charge is 0.277 e. The van der Waals surface area contributed by atoms with Crippen LogP contribution in [0, 0.1) is 0 Å². The molecule has 4 heteroatoms. The number of hydrogen-bond acceptors (Lipinski definition) is 4. The van der Waals surface area contributed by atoms with Gasteiger partial charge in [0.2, 0.25) is 0 Å². The lowest BCUT2D eigenvalue weighted by Gasteiger charge is -2.47. The van der Waals surface area contributed by atoms with Crippen LogP contribution in [0.3, 0.4) is 0 Å². The molecule has 0 N–H and O–H groups in total. The Morgan fingerprint density at radius 3 is 1.00 bits per heavy atom. The van der Waals surface area contributed by atoms with Gasteiger partial charge in [0.15, 0.2) is 0 Å². The molecule has 5 fully saturated rings. The predicted molar refractivity (Wildman–Crippen MR) is 55.5 cm³/mol. The lowest BCUT2D eigenvalue weighted by atomic mass is 10.2. The molecule has 5 saturated heterocycles. The molecule has 0 aliphatic carbocycles. The van der Waals surface area contributed by atoms with Gasteiger partial charge in [0.1, 0.15) is 0 Å². The lowest BCUT2D eigenvalue weighted by Crippen LogP contribution is -2.59. The van der Waals surface area contributed by atoms with Crippen molar-refractivity contribution in [2.75, 3.05) is 52.9 Å². The zero-order valence-electron chi connectivity index (χ0n) is 8.86. The van der Waals surface area contributed by atoms with Crippen molar-refractivity contribution >= 4 is 0 Å². The third kappa shape index (κ3) is 1.80. The highest BCUT2D eigenvalue weighted by Gasteiger charge is 2.27. The van der Waals surface area contributed by atoms with Gasteiger partial charge in [-0.2, -0.15) is 0 Å². The molecule has 80 valence electrons. The topological polar surface area (TPSA) is 13.0 Å². The summed E-state index contributed by atoms with van der Waals surface area (Å²) >= 11 is 0. The van der Waals surface area contributed by atoms with E-state index in [0.29, 0.717) is 0 Å². The Labute approximate surface area is 86.0 Å². The number of hydrogen-bond donors (Lipinski definition) is 0. The van der Waals surface area contributed by atoms with Crippen molar-refractivity contribution in [3.8, 4) is 0 Å². The van der Waals surface area contributed by atoms with E-state index in [1.807, 2.05) is 0 Å². The van der Waals surface area contributed by atoms with Crippen molar-refractivity contribution in [2.45, 2.75) is 12.8 Å². The van der Waals surface area contributed by atoms with Crippen molar-refractivity contribution in [1.29, 1.82) is 0 Å². The molecule has 0 aromatic carbocycles. The van der Waals surface area contributed by atoms with Crippen LogP contribution in [0.25, 0.3) is 0 Å². The fourth-order valence-electron chi connectivity index (χ4n) is 2.91. The average molecular weight is 196 g/mol. The molecule has 5 rings (SSSR count). The van der Waals surface area contributed by atoms with Crippen LogP contribution in [0.15, 0.2) is 0 Å². The molecule has 0 aromatic rings. The van der Waals surface area contributed by atoms with E-state index in [4.69, 9.17) is 0 Å². The molecule has 0 spiro atoms. The highest BCUT2D eigenvalue weighted by atomic mass is 15.5. The number of fused-ring (bicyclic) bond motifs is 4. The predicted octanol–water partition coefficient (Wildman–Crippen LogP) is -0.155. The third-order valence-corrected chi connectivity index (χ3v) is 3.50. The minimum absolute atomic E-state index is 1.19. The van der Waals surface area contributed by atoms with E-state index in [-0.39, 0.29) is 0 Å². The van der Waals surface area contributed by atoms with Crippen molar-refractivity contribution < 1.29 is 0 Å². The minimum atomic E-state index is 1.19. The van der Waals surface area contributed by atoms with E-state index < -0.39 is 0 Å². The molecule has 0 atom stereocenters. The first-order valence-electron chi connectivity index (χ1n) is 5.79. The van der Waals surface area contributed by atoms with Crippen LogP contribution in [-0.2, 0) is 0 Å². The fourth-order valence-corrected chi connectivity index (χ4v) is 2.91. The zero-order chi connectivity index (χ0) is 9.38. The quantitative estimate of drug-likeness (QED) is 0.534. The van der Waals surface area contributed by atoms with Gasteiger partial charge in [0, 0.05) is 26.2 Å². The Hall–Kier alpha value is -0.160. The summed E-state index contributed by atoms with van der Waals surface area (Å²) in [6.07, 6.45) is 2.70. The van der Waals surface area contributed by atoms with Gasteiger partial charge < -0.3 is 0 Å². The summed E-state index contributed by atoms with van der Waals surface area (Å²) in [6, 6.07) is 0. The van der Waals surface area contributed by atoms with Crippen LogP contribution in [0.4, 0.5) is 0 Å². The molecular weight excluding hydrogens is 176 g/mol. The van der Waals surface area contributed by atoms with Crippen LogP contribution < -0.4 is 0 Å². The van der Waals surface area contributed by atoms with Gasteiger partial charge in [0.05, 0.1) is 26.7 Å². The Morgan fingerprint density at radius 1 is 0.429 bits per heavy atom. The normalized spacial score (nSPS) is 48.0. The SMILES string of the molecule is C1CN2CN3CCCN(C2)CN(C1)C3. The first kappa shape index (κ1) is 9.09. The van der Waals surface area contributed by atoms with Gasteiger partial charge in [-0.15, -0.1) is 0 Å². The maximum Gasteiger partial charge on any atom is 0.0530 e. The molecule has 4 bridgehead atoms.